The Kier molecular flexibility index (Phi) is 3.92. The van der Waals surface area contributed by atoms with Crippen LogP contribution in [0, 0.1) is 6.92 Å². The van der Waals surface area contributed by atoms with Gasteiger partial charge < -0.3 is 10.2 Å². The lowest BCUT2D eigenvalue weighted by atomic mass is 10.0. The maximum absolute atomic E-state index is 12.7. The summed E-state index contributed by atoms with van der Waals surface area (Å²) in [6.45, 7) is 4.09. The molecule has 1 N–H and O–H groups in total. The lowest BCUT2D eigenvalue weighted by Gasteiger charge is -2.36. The molecule has 1 aliphatic heterocycles. The fourth-order valence-corrected chi connectivity index (χ4v) is 2.57. The van der Waals surface area contributed by atoms with Crippen molar-refractivity contribution < 1.29 is 4.79 Å². The molecule has 0 aliphatic carbocycles. The summed E-state index contributed by atoms with van der Waals surface area (Å²) in [5, 5.41) is 3.35. The maximum atomic E-state index is 12.7. The first kappa shape index (κ1) is 13.7. The van der Waals surface area contributed by atoms with E-state index in [1.54, 1.807) is 12.4 Å². The number of nitrogens with zero attached hydrogens (tertiary/aromatic N) is 3. The topological polar surface area (TPSA) is 58.1 Å². The quantitative estimate of drug-likeness (QED) is 0.908. The molecule has 5 heteroatoms. The Morgan fingerprint density at radius 2 is 2.05 bits per heavy atom. The molecule has 1 aromatic carbocycles. The minimum Gasteiger partial charge on any atom is -0.328 e. The molecule has 1 saturated heterocycles. The van der Waals surface area contributed by atoms with Gasteiger partial charge in [-0.25, -0.2) is 4.98 Å². The van der Waals surface area contributed by atoms with Gasteiger partial charge in [-0.1, -0.05) is 30.3 Å². The van der Waals surface area contributed by atoms with Crippen LogP contribution in [-0.4, -0.2) is 40.4 Å². The Morgan fingerprint density at radius 1 is 1.24 bits per heavy atom. The van der Waals surface area contributed by atoms with Crippen LogP contribution < -0.4 is 5.32 Å². The Bertz CT molecular complexity index is 612. The average Bonchev–Trinajstić information content (AvgIpc) is 2.56. The fourth-order valence-electron chi connectivity index (χ4n) is 2.57. The van der Waals surface area contributed by atoms with E-state index in [1.165, 1.54) is 0 Å². The van der Waals surface area contributed by atoms with Crippen molar-refractivity contribution in [2.75, 3.05) is 19.6 Å². The highest BCUT2D eigenvalue weighted by atomic mass is 16.2. The van der Waals surface area contributed by atoms with Crippen molar-refractivity contribution in [2.45, 2.75) is 13.0 Å². The van der Waals surface area contributed by atoms with Gasteiger partial charge in [0.25, 0.3) is 5.91 Å². The zero-order valence-corrected chi connectivity index (χ0v) is 12.0. The van der Waals surface area contributed by atoms with Crippen LogP contribution in [0.3, 0.4) is 0 Å². The number of carbonyl (C=O) groups excluding carboxylic acids is 1. The number of piperazine rings is 1. The number of amides is 1. The molecule has 1 aliphatic rings. The number of hydrogen-bond donors (Lipinski definition) is 1. The Labute approximate surface area is 124 Å². The van der Waals surface area contributed by atoms with Crippen molar-refractivity contribution in [2.24, 2.45) is 0 Å². The SMILES string of the molecule is Cc1cnc(C(=O)N2CCNC[C@@H]2c2ccccc2)cn1. The molecule has 3 rings (SSSR count). The second-order valence-corrected chi connectivity index (χ2v) is 5.17. The number of benzene rings is 1. The normalized spacial score (nSPS) is 18.5. The summed E-state index contributed by atoms with van der Waals surface area (Å²) in [6.07, 6.45) is 3.19. The van der Waals surface area contributed by atoms with E-state index in [-0.39, 0.29) is 11.9 Å². The molecule has 1 fully saturated rings. The number of hydrogen-bond acceptors (Lipinski definition) is 4. The number of rotatable bonds is 2. The van der Waals surface area contributed by atoms with Crippen molar-refractivity contribution >= 4 is 5.91 Å². The number of aromatic nitrogens is 2. The van der Waals surface area contributed by atoms with E-state index in [0.717, 1.165) is 24.3 Å². The summed E-state index contributed by atoms with van der Waals surface area (Å²) in [4.78, 5) is 22.9. The van der Waals surface area contributed by atoms with E-state index < -0.39 is 0 Å². The molecule has 0 spiro atoms. The highest BCUT2D eigenvalue weighted by Crippen LogP contribution is 2.23. The van der Waals surface area contributed by atoms with Gasteiger partial charge in [0.1, 0.15) is 5.69 Å². The van der Waals surface area contributed by atoms with Crippen molar-refractivity contribution in [3.63, 3.8) is 0 Å². The van der Waals surface area contributed by atoms with Gasteiger partial charge in [0.15, 0.2) is 0 Å². The van der Waals surface area contributed by atoms with Gasteiger partial charge in [0.2, 0.25) is 0 Å². The predicted molar refractivity (Wildman–Crippen MR) is 79.9 cm³/mol. The molecule has 5 nitrogen and oxygen atoms in total. The van der Waals surface area contributed by atoms with Crippen LogP contribution in [0.2, 0.25) is 0 Å². The number of aryl methyl sites for hydroxylation is 1. The zero-order chi connectivity index (χ0) is 14.7. The Hall–Kier alpha value is -2.27. The molecular formula is C16H18N4O. The summed E-state index contributed by atoms with van der Waals surface area (Å²) in [5.41, 5.74) is 2.35. The lowest BCUT2D eigenvalue weighted by Crippen LogP contribution is -2.48. The summed E-state index contributed by atoms with van der Waals surface area (Å²) in [5.74, 6) is -0.0575. The molecule has 108 valence electrons. The first-order valence-corrected chi connectivity index (χ1v) is 7.11. The van der Waals surface area contributed by atoms with Crippen LogP contribution in [0.5, 0.6) is 0 Å². The number of carbonyl (C=O) groups is 1. The highest BCUT2D eigenvalue weighted by Gasteiger charge is 2.29. The van der Waals surface area contributed by atoms with Crippen molar-refractivity contribution in [1.82, 2.24) is 20.2 Å². The van der Waals surface area contributed by atoms with E-state index in [0.29, 0.717) is 12.2 Å². The van der Waals surface area contributed by atoms with Crippen LogP contribution in [-0.2, 0) is 0 Å². The fraction of sp³-hybridized carbons (Fsp3) is 0.312. The third-order valence-electron chi connectivity index (χ3n) is 3.69. The minimum atomic E-state index is -0.0575. The van der Waals surface area contributed by atoms with Crippen LogP contribution >= 0.6 is 0 Å². The average molecular weight is 282 g/mol. The second kappa shape index (κ2) is 6.01. The summed E-state index contributed by atoms with van der Waals surface area (Å²) in [6, 6.07) is 10.1. The molecule has 1 atom stereocenters. The van der Waals surface area contributed by atoms with Crippen molar-refractivity contribution in [3.05, 3.63) is 59.7 Å². The number of nitrogens with one attached hydrogen (secondary N) is 1. The van der Waals surface area contributed by atoms with Gasteiger partial charge >= 0.3 is 0 Å². The second-order valence-electron chi connectivity index (χ2n) is 5.17. The van der Waals surface area contributed by atoms with Crippen molar-refractivity contribution in [3.8, 4) is 0 Å². The van der Waals surface area contributed by atoms with E-state index >= 15 is 0 Å². The Morgan fingerprint density at radius 3 is 2.76 bits per heavy atom. The van der Waals surface area contributed by atoms with Crippen LogP contribution in [0.25, 0.3) is 0 Å². The largest absolute Gasteiger partial charge is 0.328 e. The van der Waals surface area contributed by atoms with E-state index in [9.17, 15) is 4.79 Å². The molecule has 0 unspecified atom stereocenters. The Balaban J connectivity index is 1.87. The van der Waals surface area contributed by atoms with Gasteiger partial charge in [-0.3, -0.25) is 9.78 Å². The monoisotopic (exact) mass is 282 g/mol. The van der Waals surface area contributed by atoms with E-state index in [4.69, 9.17) is 0 Å². The van der Waals surface area contributed by atoms with Gasteiger partial charge in [0, 0.05) is 25.8 Å². The van der Waals surface area contributed by atoms with E-state index in [1.807, 2.05) is 30.0 Å². The zero-order valence-electron chi connectivity index (χ0n) is 12.0. The van der Waals surface area contributed by atoms with Crippen LogP contribution in [0.1, 0.15) is 27.8 Å². The molecule has 21 heavy (non-hydrogen) atoms. The van der Waals surface area contributed by atoms with Crippen LogP contribution in [0.4, 0.5) is 0 Å². The van der Waals surface area contributed by atoms with Crippen molar-refractivity contribution in [1.29, 1.82) is 0 Å². The predicted octanol–water partition coefficient (Wildman–Crippen LogP) is 1.57. The molecule has 2 aromatic rings. The van der Waals surface area contributed by atoms with E-state index in [2.05, 4.69) is 27.4 Å². The summed E-state index contributed by atoms with van der Waals surface area (Å²) >= 11 is 0. The molecule has 0 bridgehead atoms. The third kappa shape index (κ3) is 2.92. The van der Waals surface area contributed by atoms with Gasteiger partial charge in [-0.15, -0.1) is 0 Å². The van der Waals surface area contributed by atoms with Gasteiger partial charge in [-0.05, 0) is 12.5 Å². The molecule has 1 amide bonds. The standard InChI is InChI=1S/C16H18N4O/c1-12-9-19-14(10-18-12)16(21)20-8-7-17-11-15(20)13-5-3-2-4-6-13/h2-6,9-10,15,17H,7-8,11H2,1H3/t15-/m1/s1. The maximum Gasteiger partial charge on any atom is 0.274 e. The smallest absolute Gasteiger partial charge is 0.274 e. The summed E-state index contributed by atoms with van der Waals surface area (Å²) < 4.78 is 0. The highest BCUT2D eigenvalue weighted by molar-refractivity contribution is 5.92. The van der Waals surface area contributed by atoms with Gasteiger partial charge in [0.05, 0.1) is 17.9 Å². The van der Waals surface area contributed by atoms with Crippen LogP contribution in [0.15, 0.2) is 42.7 Å². The first-order valence-electron chi connectivity index (χ1n) is 7.11. The first-order chi connectivity index (χ1) is 10.3. The summed E-state index contributed by atoms with van der Waals surface area (Å²) in [7, 11) is 0. The molecule has 0 saturated carbocycles. The minimum absolute atomic E-state index is 0.0375. The molecule has 0 radical (unpaired) electrons. The van der Waals surface area contributed by atoms with Gasteiger partial charge in [-0.2, -0.15) is 0 Å². The molecule has 2 heterocycles. The molecular weight excluding hydrogens is 264 g/mol. The molecule has 1 aromatic heterocycles. The lowest BCUT2D eigenvalue weighted by molar-refractivity contribution is 0.0627. The third-order valence-corrected chi connectivity index (χ3v) is 3.69.